The molecule has 0 amide bonds. The first-order valence-electron chi connectivity index (χ1n) is 5.90. The lowest BCUT2D eigenvalue weighted by Crippen LogP contribution is -2.11. The van der Waals surface area contributed by atoms with E-state index in [2.05, 4.69) is 39.9 Å². The molecule has 2 rings (SSSR count). The van der Waals surface area contributed by atoms with E-state index in [0.717, 1.165) is 25.3 Å². The maximum absolute atomic E-state index is 4.37. The first-order valence-corrected chi connectivity index (χ1v) is 6.78. The third kappa shape index (κ3) is 3.38. The van der Waals surface area contributed by atoms with E-state index in [1.165, 1.54) is 5.01 Å². The highest BCUT2D eigenvalue weighted by Gasteiger charge is 2.09. The molecule has 92 valence electrons. The molecule has 4 nitrogen and oxygen atoms in total. The van der Waals surface area contributed by atoms with Crippen LogP contribution in [0.3, 0.4) is 0 Å². The van der Waals surface area contributed by atoms with E-state index >= 15 is 0 Å². The van der Waals surface area contributed by atoms with Crippen molar-refractivity contribution in [2.75, 3.05) is 6.54 Å². The summed E-state index contributed by atoms with van der Waals surface area (Å²) in [6.07, 6.45) is 5.87. The van der Waals surface area contributed by atoms with Crippen molar-refractivity contribution in [2.24, 2.45) is 0 Å². The van der Waals surface area contributed by atoms with Gasteiger partial charge in [-0.2, -0.15) is 0 Å². The van der Waals surface area contributed by atoms with E-state index in [-0.39, 0.29) is 0 Å². The Bertz CT molecular complexity index is 435. The maximum atomic E-state index is 4.37. The van der Waals surface area contributed by atoms with Crippen LogP contribution in [0.5, 0.6) is 0 Å². The lowest BCUT2D eigenvalue weighted by Gasteiger charge is -2.08. The molecule has 1 N–H and O–H groups in total. The van der Waals surface area contributed by atoms with E-state index < -0.39 is 0 Å². The molecule has 0 bridgehead atoms. The highest BCUT2D eigenvalue weighted by Crippen LogP contribution is 2.19. The van der Waals surface area contributed by atoms with Gasteiger partial charge in [0, 0.05) is 36.8 Å². The van der Waals surface area contributed by atoms with Gasteiger partial charge in [-0.3, -0.25) is 0 Å². The average Bonchev–Trinajstić information content (AvgIpc) is 2.97. The normalized spacial score (nSPS) is 12.8. The largest absolute Gasteiger partial charge is 0.336 e. The van der Waals surface area contributed by atoms with Crippen LogP contribution >= 0.6 is 11.3 Å². The molecule has 0 aliphatic carbocycles. The van der Waals surface area contributed by atoms with Gasteiger partial charge < -0.3 is 9.88 Å². The zero-order valence-electron chi connectivity index (χ0n) is 10.3. The van der Waals surface area contributed by atoms with Gasteiger partial charge in [-0.05, 0) is 6.54 Å². The van der Waals surface area contributed by atoms with Crippen molar-refractivity contribution in [1.29, 1.82) is 0 Å². The van der Waals surface area contributed by atoms with Crippen molar-refractivity contribution < 1.29 is 0 Å². The molecule has 1 atom stereocenters. The lowest BCUT2D eigenvalue weighted by molar-refractivity contribution is 0.593. The van der Waals surface area contributed by atoms with Crippen LogP contribution in [0.25, 0.3) is 0 Å². The summed E-state index contributed by atoms with van der Waals surface area (Å²) in [6, 6.07) is 0. The summed E-state index contributed by atoms with van der Waals surface area (Å²) in [7, 11) is 0. The van der Waals surface area contributed by atoms with Crippen molar-refractivity contribution in [1.82, 2.24) is 19.9 Å². The fourth-order valence-corrected chi connectivity index (χ4v) is 2.41. The molecule has 5 heteroatoms. The SMILES string of the molecule is CCNCc1cn(CC(C)c2nccs2)cn1. The molecular formula is C12H18N4S. The summed E-state index contributed by atoms with van der Waals surface area (Å²) < 4.78 is 2.14. The summed E-state index contributed by atoms with van der Waals surface area (Å²) >= 11 is 1.71. The smallest absolute Gasteiger partial charge is 0.0970 e. The molecule has 0 radical (unpaired) electrons. The van der Waals surface area contributed by atoms with Gasteiger partial charge in [0.2, 0.25) is 0 Å². The summed E-state index contributed by atoms with van der Waals surface area (Å²) in [6.45, 7) is 7.05. The van der Waals surface area contributed by atoms with Crippen molar-refractivity contribution >= 4 is 11.3 Å². The number of imidazole rings is 1. The molecule has 0 fully saturated rings. The van der Waals surface area contributed by atoms with E-state index in [1.54, 1.807) is 11.3 Å². The fraction of sp³-hybridized carbons (Fsp3) is 0.500. The molecule has 0 aromatic carbocycles. The third-order valence-corrected chi connectivity index (χ3v) is 3.61. The molecule has 2 aromatic rings. The molecule has 0 saturated carbocycles. The van der Waals surface area contributed by atoms with Crippen molar-refractivity contribution in [3.63, 3.8) is 0 Å². The second-order valence-electron chi connectivity index (χ2n) is 4.11. The van der Waals surface area contributed by atoms with Crippen LogP contribution in [-0.2, 0) is 13.1 Å². The van der Waals surface area contributed by atoms with Crippen LogP contribution in [0.15, 0.2) is 24.1 Å². The average molecular weight is 250 g/mol. The van der Waals surface area contributed by atoms with Crippen LogP contribution in [0, 0.1) is 0 Å². The molecule has 2 aromatic heterocycles. The number of hydrogen-bond acceptors (Lipinski definition) is 4. The van der Waals surface area contributed by atoms with Gasteiger partial charge in [0.1, 0.15) is 0 Å². The fourth-order valence-electron chi connectivity index (χ4n) is 1.72. The predicted octanol–water partition coefficient (Wildman–Crippen LogP) is 2.25. The maximum Gasteiger partial charge on any atom is 0.0970 e. The number of aromatic nitrogens is 3. The quantitative estimate of drug-likeness (QED) is 0.855. The Morgan fingerprint density at radius 1 is 1.47 bits per heavy atom. The molecule has 1 unspecified atom stereocenters. The molecule has 2 heterocycles. The van der Waals surface area contributed by atoms with E-state index in [0.29, 0.717) is 5.92 Å². The summed E-state index contributed by atoms with van der Waals surface area (Å²) in [5.41, 5.74) is 1.10. The van der Waals surface area contributed by atoms with Gasteiger partial charge in [0.15, 0.2) is 0 Å². The molecule has 0 aliphatic rings. The lowest BCUT2D eigenvalue weighted by atomic mass is 10.2. The van der Waals surface area contributed by atoms with Crippen molar-refractivity contribution in [2.45, 2.75) is 32.9 Å². The van der Waals surface area contributed by atoms with Gasteiger partial charge in [0.25, 0.3) is 0 Å². The van der Waals surface area contributed by atoms with E-state index in [9.17, 15) is 0 Å². The van der Waals surface area contributed by atoms with E-state index in [1.807, 2.05) is 17.9 Å². The van der Waals surface area contributed by atoms with Gasteiger partial charge in [0.05, 0.1) is 17.0 Å². The highest BCUT2D eigenvalue weighted by atomic mass is 32.1. The monoisotopic (exact) mass is 250 g/mol. The summed E-state index contributed by atoms with van der Waals surface area (Å²) in [5.74, 6) is 0.441. The zero-order chi connectivity index (χ0) is 12.1. The Morgan fingerprint density at radius 3 is 3.06 bits per heavy atom. The van der Waals surface area contributed by atoms with Gasteiger partial charge in [-0.15, -0.1) is 11.3 Å². The molecule has 0 saturated heterocycles. The second-order valence-corrected chi connectivity index (χ2v) is 5.04. The number of rotatable bonds is 6. The molecular weight excluding hydrogens is 232 g/mol. The Labute approximate surface area is 106 Å². The molecule has 0 aliphatic heterocycles. The standard InChI is InChI=1S/C12H18N4S/c1-3-13-6-11-8-16(9-15-11)7-10(2)12-14-4-5-17-12/h4-5,8-10,13H,3,6-7H2,1-2H3. The molecule has 17 heavy (non-hydrogen) atoms. The minimum absolute atomic E-state index is 0.441. The van der Waals surface area contributed by atoms with Crippen LogP contribution in [-0.4, -0.2) is 21.1 Å². The van der Waals surface area contributed by atoms with Gasteiger partial charge in [-0.1, -0.05) is 13.8 Å². The Hall–Kier alpha value is -1.20. The van der Waals surface area contributed by atoms with Crippen molar-refractivity contribution in [3.05, 3.63) is 34.8 Å². The topological polar surface area (TPSA) is 42.7 Å². The summed E-state index contributed by atoms with van der Waals surface area (Å²) in [4.78, 5) is 8.71. The first kappa shape index (κ1) is 12.3. The Morgan fingerprint density at radius 2 is 2.35 bits per heavy atom. The second kappa shape index (κ2) is 5.93. The van der Waals surface area contributed by atoms with Gasteiger partial charge in [-0.25, -0.2) is 9.97 Å². The van der Waals surface area contributed by atoms with Crippen LogP contribution in [0.1, 0.15) is 30.5 Å². The predicted molar refractivity (Wildman–Crippen MR) is 70.1 cm³/mol. The van der Waals surface area contributed by atoms with Crippen LogP contribution in [0.2, 0.25) is 0 Å². The number of nitrogens with one attached hydrogen (secondary N) is 1. The number of thiazole rings is 1. The highest BCUT2D eigenvalue weighted by molar-refractivity contribution is 7.09. The zero-order valence-corrected chi connectivity index (χ0v) is 11.1. The minimum atomic E-state index is 0.441. The van der Waals surface area contributed by atoms with Crippen molar-refractivity contribution in [3.8, 4) is 0 Å². The molecule has 0 spiro atoms. The van der Waals surface area contributed by atoms with Crippen LogP contribution < -0.4 is 5.32 Å². The first-order chi connectivity index (χ1) is 8.29. The third-order valence-electron chi connectivity index (χ3n) is 2.60. The summed E-state index contributed by atoms with van der Waals surface area (Å²) in [5, 5.41) is 6.48. The number of nitrogens with zero attached hydrogens (tertiary/aromatic N) is 3. The number of hydrogen-bond donors (Lipinski definition) is 1. The Balaban J connectivity index is 1.92. The van der Waals surface area contributed by atoms with Gasteiger partial charge >= 0.3 is 0 Å². The minimum Gasteiger partial charge on any atom is -0.336 e. The van der Waals surface area contributed by atoms with E-state index in [4.69, 9.17) is 0 Å². The van der Waals surface area contributed by atoms with Crippen LogP contribution in [0.4, 0.5) is 0 Å². The Kier molecular flexibility index (Phi) is 4.28.